The Morgan fingerprint density at radius 2 is 2.42 bits per heavy atom. The van der Waals surface area contributed by atoms with Crippen LogP contribution < -0.4 is 4.74 Å². The molecule has 0 radical (unpaired) electrons. The molecule has 0 aliphatic rings. The SMILES string of the molecule is CCOc1ccc2nccn2n1. The summed E-state index contributed by atoms with van der Waals surface area (Å²) < 4.78 is 6.91. The third-order valence-electron chi connectivity index (χ3n) is 1.52. The van der Waals surface area contributed by atoms with Crippen LogP contribution in [-0.4, -0.2) is 21.2 Å². The van der Waals surface area contributed by atoms with E-state index in [2.05, 4.69) is 10.1 Å². The predicted molar refractivity (Wildman–Crippen MR) is 44.2 cm³/mol. The Morgan fingerprint density at radius 3 is 3.25 bits per heavy atom. The molecule has 2 aromatic heterocycles. The third-order valence-corrected chi connectivity index (χ3v) is 1.52. The fraction of sp³-hybridized carbons (Fsp3) is 0.250. The minimum absolute atomic E-state index is 0.628. The van der Waals surface area contributed by atoms with E-state index < -0.39 is 0 Å². The van der Waals surface area contributed by atoms with Crippen LogP contribution in [0.1, 0.15) is 6.92 Å². The zero-order chi connectivity index (χ0) is 8.39. The number of imidazole rings is 1. The number of rotatable bonds is 2. The molecule has 12 heavy (non-hydrogen) atoms. The zero-order valence-electron chi connectivity index (χ0n) is 6.77. The fourth-order valence-electron chi connectivity index (χ4n) is 1.02. The molecular weight excluding hydrogens is 154 g/mol. The van der Waals surface area contributed by atoms with Crippen molar-refractivity contribution in [3.8, 4) is 5.88 Å². The molecule has 2 aromatic rings. The lowest BCUT2D eigenvalue weighted by atomic mass is 10.5. The number of nitrogens with zero attached hydrogens (tertiary/aromatic N) is 3. The van der Waals surface area contributed by atoms with Gasteiger partial charge in [0.15, 0.2) is 5.65 Å². The summed E-state index contributed by atoms with van der Waals surface area (Å²) in [6.07, 6.45) is 3.50. The Balaban J connectivity index is 2.46. The molecule has 0 atom stereocenters. The van der Waals surface area contributed by atoms with E-state index in [1.807, 2.05) is 19.1 Å². The average Bonchev–Trinajstić information content (AvgIpc) is 2.51. The van der Waals surface area contributed by atoms with Crippen molar-refractivity contribution >= 4 is 5.65 Å². The standard InChI is InChI=1S/C8H9N3O/c1-2-12-8-4-3-7-9-5-6-11(7)10-8/h3-6H,2H2,1H3. The second-order valence-corrected chi connectivity index (χ2v) is 2.33. The van der Waals surface area contributed by atoms with E-state index in [0.717, 1.165) is 5.65 Å². The molecule has 0 aliphatic carbocycles. The molecule has 0 fully saturated rings. The summed E-state index contributed by atoms with van der Waals surface area (Å²) in [5.41, 5.74) is 0.832. The average molecular weight is 163 g/mol. The van der Waals surface area contributed by atoms with Gasteiger partial charge in [-0.3, -0.25) is 0 Å². The monoisotopic (exact) mass is 163 g/mol. The van der Waals surface area contributed by atoms with Crippen LogP contribution in [0.15, 0.2) is 24.5 Å². The Kier molecular flexibility index (Phi) is 1.66. The summed E-state index contributed by atoms with van der Waals surface area (Å²) in [5.74, 6) is 0.628. The highest BCUT2D eigenvalue weighted by molar-refractivity contribution is 5.37. The number of ether oxygens (including phenoxy) is 1. The zero-order valence-corrected chi connectivity index (χ0v) is 6.77. The first-order valence-electron chi connectivity index (χ1n) is 3.83. The summed E-state index contributed by atoms with van der Waals surface area (Å²) in [6, 6.07) is 3.68. The Bertz CT molecular complexity index is 382. The van der Waals surface area contributed by atoms with E-state index >= 15 is 0 Å². The number of hydrogen-bond acceptors (Lipinski definition) is 3. The van der Waals surface area contributed by atoms with E-state index in [-0.39, 0.29) is 0 Å². The second kappa shape index (κ2) is 2.81. The van der Waals surface area contributed by atoms with Gasteiger partial charge in [-0.1, -0.05) is 0 Å². The normalized spacial score (nSPS) is 10.4. The maximum atomic E-state index is 5.22. The van der Waals surface area contributed by atoms with Gasteiger partial charge in [-0.15, -0.1) is 5.10 Å². The number of aromatic nitrogens is 3. The minimum Gasteiger partial charge on any atom is -0.477 e. The van der Waals surface area contributed by atoms with Gasteiger partial charge in [0, 0.05) is 18.5 Å². The van der Waals surface area contributed by atoms with Gasteiger partial charge in [0.1, 0.15) is 0 Å². The predicted octanol–water partition coefficient (Wildman–Crippen LogP) is 1.13. The van der Waals surface area contributed by atoms with Crippen LogP contribution in [0.5, 0.6) is 5.88 Å². The molecule has 0 spiro atoms. The van der Waals surface area contributed by atoms with E-state index in [0.29, 0.717) is 12.5 Å². The van der Waals surface area contributed by atoms with Crippen molar-refractivity contribution in [3.05, 3.63) is 24.5 Å². The molecule has 2 heterocycles. The number of fused-ring (bicyclic) bond motifs is 1. The molecule has 0 unspecified atom stereocenters. The molecule has 0 saturated heterocycles. The van der Waals surface area contributed by atoms with Crippen LogP contribution in [0.2, 0.25) is 0 Å². The molecule has 2 rings (SSSR count). The maximum Gasteiger partial charge on any atom is 0.231 e. The first-order chi connectivity index (χ1) is 5.90. The lowest BCUT2D eigenvalue weighted by Gasteiger charge is -2.00. The molecule has 0 aromatic carbocycles. The van der Waals surface area contributed by atoms with Crippen molar-refractivity contribution in [2.45, 2.75) is 6.92 Å². The van der Waals surface area contributed by atoms with Gasteiger partial charge in [0.25, 0.3) is 0 Å². The van der Waals surface area contributed by atoms with Crippen molar-refractivity contribution in [2.75, 3.05) is 6.61 Å². The highest BCUT2D eigenvalue weighted by atomic mass is 16.5. The summed E-state index contributed by atoms with van der Waals surface area (Å²) >= 11 is 0. The van der Waals surface area contributed by atoms with E-state index in [9.17, 15) is 0 Å². The van der Waals surface area contributed by atoms with Crippen molar-refractivity contribution in [1.82, 2.24) is 14.6 Å². The van der Waals surface area contributed by atoms with Gasteiger partial charge in [-0.2, -0.15) is 0 Å². The van der Waals surface area contributed by atoms with Crippen LogP contribution >= 0.6 is 0 Å². The molecule has 4 heteroatoms. The van der Waals surface area contributed by atoms with Crippen molar-refractivity contribution in [3.63, 3.8) is 0 Å². The maximum absolute atomic E-state index is 5.22. The molecule has 0 amide bonds. The number of hydrogen-bond donors (Lipinski definition) is 0. The van der Waals surface area contributed by atoms with Crippen LogP contribution in [0.25, 0.3) is 5.65 Å². The van der Waals surface area contributed by atoms with Crippen LogP contribution in [0.3, 0.4) is 0 Å². The minimum atomic E-state index is 0.628. The third kappa shape index (κ3) is 1.11. The summed E-state index contributed by atoms with van der Waals surface area (Å²) in [6.45, 7) is 2.56. The van der Waals surface area contributed by atoms with Gasteiger partial charge >= 0.3 is 0 Å². The van der Waals surface area contributed by atoms with E-state index in [4.69, 9.17) is 4.74 Å². The van der Waals surface area contributed by atoms with Crippen LogP contribution in [0.4, 0.5) is 0 Å². The van der Waals surface area contributed by atoms with Crippen LogP contribution in [-0.2, 0) is 0 Å². The quantitative estimate of drug-likeness (QED) is 0.666. The topological polar surface area (TPSA) is 39.4 Å². The van der Waals surface area contributed by atoms with Gasteiger partial charge in [-0.05, 0) is 13.0 Å². The van der Waals surface area contributed by atoms with Crippen molar-refractivity contribution in [2.24, 2.45) is 0 Å². The molecule has 0 saturated carbocycles. The summed E-state index contributed by atoms with van der Waals surface area (Å²) in [4.78, 5) is 4.06. The van der Waals surface area contributed by atoms with E-state index in [1.54, 1.807) is 16.9 Å². The summed E-state index contributed by atoms with van der Waals surface area (Å²) in [7, 11) is 0. The molecule has 62 valence electrons. The Hall–Kier alpha value is -1.58. The Morgan fingerprint density at radius 1 is 1.50 bits per heavy atom. The first-order valence-corrected chi connectivity index (χ1v) is 3.83. The van der Waals surface area contributed by atoms with Gasteiger partial charge in [0.2, 0.25) is 5.88 Å². The first kappa shape index (κ1) is 7.09. The lowest BCUT2D eigenvalue weighted by Crippen LogP contribution is -1.98. The molecular formula is C8H9N3O. The van der Waals surface area contributed by atoms with Crippen LogP contribution in [0, 0.1) is 0 Å². The summed E-state index contributed by atoms with van der Waals surface area (Å²) in [5, 5.41) is 4.16. The van der Waals surface area contributed by atoms with Crippen molar-refractivity contribution in [1.29, 1.82) is 0 Å². The van der Waals surface area contributed by atoms with Gasteiger partial charge in [0.05, 0.1) is 6.61 Å². The largest absolute Gasteiger partial charge is 0.477 e. The fourth-order valence-corrected chi connectivity index (χ4v) is 1.02. The Labute approximate surface area is 69.8 Å². The molecule has 0 aliphatic heterocycles. The highest BCUT2D eigenvalue weighted by Crippen LogP contribution is 2.06. The van der Waals surface area contributed by atoms with Crippen molar-refractivity contribution < 1.29 is 4.74 Å². The smallest absolute Gasteiger partial charge is 0.231 e. The molecule has 4 nitrogen and oxygen atoms in total. The van der Waals surface area contributed by atoms with E-state index in [1.165, 1.54) is 0 Å². The molecule has 0 N–H and O–H groups in total. The lowest BCUT2D eigenvalue weighted by molar-refractivity contribution is 0.321. The second-order valence-electron chi connectivity index (χ2n) is 2.33. The molecule has 0 bridgehead atoms. The highest BCUT2D eigenvalue weighted by Gasteiger charge is 1.96. The van der Waals surface area contributed by atoms with Gasteiger partial charge < -0.3 is 4.74 Å². The van der Waals surface area contributed by atoms with Gasteiger partial charge in [-0.25, -0.2) is 9.50 Å².